The number of thiophene rings is 1. The summed E-state index contributed by atoms with van der Waals surface area (Å²) in [6, 6.07) is 12.7. The second-order valence-electron chi connectivity index (χ2n) is 6.26. The predicted molar refractivity (Wildman–Crippen MR) is 101 cm³/mol. The molecule has 0 unspecified atom stereocenters. The number of benzene rings is 1. The summed E-state index contributed by atoms with van der Waals surface area (Å²) in [5.74, 6) is 0. The molecule has 1 aromatic carbocycles. The van der Waals surface area contributed by atoms with E-state index in [1.165, 1.54) is 16.9 Å². The van der Waals surface area contributed by atoms with Crippen LogP contribution >= 0.6 is 23.6 Å². The van der Waals surface area contributed by atoms with E-state index in [1.54, 1.807) is 4.57 Å². The number of nitrogens with zero attached hydrogens (tertiary/aromatic N) is 2. The third-order valence-electron chi connectivity index (χ3n) is 4.71. The Morgan fingerprint density at radius 2 is 1.92 bits per heavy atom. The van der Waals surface area contributed by atoms with Crippen LogP contribution in [0.15, 0.2) is 46.6 Å². The molecule has 6 heteroatoms. The summed E-state index contributed by atoms with van der Waals surface area (Å²) in [6.07, 6.45) is 1.92. The van der Waals surface area contributed by atoms with E-state index in [1.807, 2.05) is 17.5 Å². The van der Waals surface area contributed by atoms with Crippen molar-refractivity contribution in [2.45, 2.75) is 25.4 Å². The van der Waals surface area contributed by atoms with Crippen LogP contribution in [-0.2, 0) is 6.54 Å². The zero-order valence-electron chi connectivity index (χ0n) is 13.3. The molecule has 1 aliphatic heterocycles. The van der Waals surface area contributed by atoms with Crippen molar-refractivity contribution in [3.8, 4) is 0 Å². The van der Waals surface area contributed by atoms with Gasteiger partial charge in [0.15, 0.2) is 4.77 Å². The molecule has 3 aromatic rings. The fourth-order valence-electron chi connectivity index (χ4n) is 3.46. The van der Waals surface area contributed by atoms with Crippen molar-refractivity contribution in [1.29, 1.82) is 0 Å². The third kappa shape index (κ3) is 2.97. The highest BCUT2D eigenvalue weighted by Gasteiger charge is 2.23. The highest BCUT2D eigenvalue weighted by Crippen LogP contribution is 2.24. The zero-order valence-corrected chi connectivity index (χ0v) is 14.9. The van der Waals surface area contributed by atoms with E-state index in [4.69, 9.17) is 12.2 Å². The molecule has 4 rings (SSSR count). The standard InChI is InChI=1S/C18H19N3OS2/c22-17-16-15(8-11-24-16)19-18(23)21(17)14-6-9-20(10-7-14)12-13-4-2-1-3-5-13/h1-5,8,11,14H,6-7,9-10,12H2,(H,19,23). The number of rotatable bonds is 3. The molecule has 0 aliphatic carbocycles. The highest BCUT2D eigenvalue weighted by molar-refractivity contribution is 7.71. The van der Waals surface area contributed by atoms with Crippen LogP contribution in [0.1, 0.15) is 24.4 Å². The van der Waals surface area contributed by atoms with Crippen molar-refractivity contribution in [1.82, 2.24) is 14.5 Å². The second kappa shape index (κ2) is 6.63. The topological polar surface area (TPSA) is 41.0 Å². The number of hydrogen-bond donors (Lipinski definition) is 1. The average Bonchev–Trinajstić information content (AvgIpc) is 3.06. The van der Waals surface area contributed by atoms with E-state index < -0.39 is 0 Å². The maximum absolute atomic E-state index is 12.8. The molecular weight excluding hydrogens is 338 g/mol. The van der Waals surface area contributed by atoms with E-state index in [0.717, 1.165) is 42.7 Å². The first-order valence-corrected chi connectivity index (χ1v) is 9.49. The normalized spacial score (nSPS) is 16.7. The monoisotopic (exact) mass is 357 g/mol. The molecule has 124 valence electrons. The number of aromatic nitrogens is 2. The zero-order chi connectivity index (χ0) is 16.5. The molecular formula is C18H19N3OS2. The summed E-state index contributed by atoms with van der Waals surface area (Å²) in [4.78, 5) is 18.4. The fraction of sp³-hybridized carbons (Fsp3) is 0.333. The van der Waals surface area contributed by atoms with Crippen LogP contribution in [0.25, 0.3) is 10.2 Å². The lowest BCUT2D eigenvalue weighted by atomic mass is 10.0. The van der Waals surface area contributed by atoms with Crippen LogP contribution < -0.4 is 5.56 Å². The van der Waals surface area contributed by atoms with Gasteiger partial charge in [-0.05, 0) is 42.1 Å². The van der Waals surface area contributed by atoms with Gasteiger partial charge in [0, 0.05) is 25.7 Å². The third-order valence-corrected chi connectivity index (χ3v) is 5.91. The number of piperidine rings is 1. The highest BCUT2D eigenvalue weighted by atomic mass is 32.1. The van der Waals surface area contributed by atoms with Crippen molar-refractivity contribution in [2.75, 3.05) is 13.1 Å². The minimum Gasteiger partial charge on any atom is -0.331 e. The summed E-state index contributed by atoms with van der Waals surface area (Å²) < 4.78 is 3.12. The maximum atomic E-state index is 12.8. The molecule has 1 fully saturated rings. The molecule has 2 aromatic heterocycles. The smallest absolute Gasteiger partial charge is 0.272 e. The SMILES string of the molecule is O=c1c2sccc2[nH]c(=S)n1C1CCN(Cc2ccccc2)CC1. The lowest BCUT2D eigenvalue weighted by molar-refractivity contribution is 0.177. The second-order valence-corrected chi connectivity index (χ2v) is 7.56. The van der Waals surface area contributed by atoms with Gasteiger partial charge in [0.25, 0.3) is 5.56 Å². The van der Waals surface area contributed by atoms with Crippen LogP contribution in [-0.4, -0.2) is 27.5 Å². The van der Waals surface area contributed by atoms with E-state index in [-0.39, 0.29) is 11.6 Å². The minimum atomic E-state index is 0.0604. The maximum Gasteiger partial charge on any atom is 0.272 e. The quantitative estimate of drug-likeness (QED) is 0.722. The molecule has 4 nitrogen and oxygen atoms in total. The van der Waals surface area contributed by atoms with Gasteiger partial charge in [0.05, 0.1) is 5.52 Å². The first-order chi connectivity index (χ1) is 11.7. The Kier molecular flexibility index (Phi) is 4.35. The molecule has 3 heterocycles. The van der Waals surface area contributed by atoms with Gasteiger partial charge in [-0.1, -0.05) is 30.3 Å². The van der Waals surface area contributed by atoms with Gasteiger partial charge in [0.1, 0.15) is 4.70 Å². The van der Waals surface area contributed by atoms with Crippen LogP contribution in [0.5, 0.6) is 0 Å². The lowest BCUT2D eigenvalue weighted by Gasteiger charge is -2.32. The largest absolute Gasteiger partial charge is 0.331 e. The summed E-state index contributed by atoms with van der Waals surface area (Å²) in [6.45, 7) is 2.95. The first-order valence-electron chi connectivity index (χ1n) is 8.20. The molecule has 0 radical (unpaired) electrons. The molecule has 24 heavy (non-hydrogen) atoms. The Hall–Kier alpha value is -1.76. The summed E-state index contributed by atoms with van der Waals surface area (Å²) in [5.41, 5.74) is 2.25. The molecule has 0 amide bonds. The fourth-order valence-corrected chi connectivity index (χ4v) is 4.59. The summed E-state index contributed by atoms with van der Waals surface area (Å²) >= 11 is 6.93. The van der Waals surface area contributed by atoms with Gasteiger partial charge >= 0.3 is 0 Å². The molecule has 0 atom stereocenters. The van der Waals surface area contributed by atoms with Crippen molar-refractivity contribution >= 4 is 33.8 Å². The van der Waals surface area contributed by atoms with Gasteiger partial charge < -0.3 is 4.98 Å². The van der Waals surface area contributed by atoms with Crippen LogP contribution in [0.2, 0.25) is 0 Å². The van der Waals surface area contributed by atoms with E-state index in [0.29, 0.717) is 4.77 Å². The Morgan fingerprint density at radius 1 is 1.17 bits per heavy atom. The van der Waals surface area contributed by atoms with Gasteiger partial charge in [-0.2, -0.15) is 0 Å². The molecule has 1 aliphatic rings. The number of likely N-dealkylation sites (tertiary alicyclic amines) is 1. The number of nitrogens with one attached hydrogen (secondary N) is 1. The van der Waals surface area contributed by atoms with E-state index in [9.17, 15) is 4.79 Å². The first kappa shape index (κ1) is 15.7. The Bertz CT molecular complexity index is 950. The Morgan fingerprint density at radius 3 is 2.67 bits per heavy atom. The molecule has 1 saturated heterocycles. The van der Waals surface area contributed by atoms with Gasteiger partial charge in [-0.3, -0.25) is 14.3 Å². The summed E-state index contributed by atoms with van der Waals surface area (Å²) in [7, 11) is 0. The Balaban J connectivity index is 1.52. The predicted octanol–water partition coefficient (Wildman–Crippen LogP) is 3.96. The van der Waals surface area contributed by atoms with Crippen molar-refractivity contribution in [3.05, 3.63) is 62.5 Å². The molecule has 0 bridgehead atoms. The molecule has 0 saturated carbocycles. The number of H-pyrrole nitrogens is 1. The van der Waals surface area contributed by atoms with Gasteiger partial charge in [-0.25, -0.2) is 0 Å². The van der Waals surface area contributed by atoms with Gasteiger partial charge in [0.2, 0.25) is 0 Å². The van der Waals surface area contributed by atoms with Crippen LogP contribution in [0, 0.1) is 4.77 Å². The van der Waals surface area contributed by atoms with E-state index >= 15 is 0 Å². The van der Waals surface area contributed by atoms with E-state index in [2.05, 4.69) is 34.1 Å². The van der Waals surface area contributed by atoms with Crippen molar-refractivity contribution < 1.29 is 0 Å². The van der Waals surface area contributed by atoms with Crippen molar-refractivity contribution in [3.63, 3.8) is 0 Å². The minimum absolute atomic E-state index is 0.0604. The van der Waals surface area contributed by atoms with Gasteiger partial charge in [-0.15, -0.1) is 11.3 Å². The van der Waals surface area contributed by atoms with Crippen molar-refractivity contribution in [2.24, 2.45) is 0 Å². The number of fused-ring (bicyclic) bond motifs is 1. The summed E-state index contributed by atoms with van der Waals surface area (Å²) in [5, 5.41) is 1.93. The Labute approximate surface area is 149 Å². The molecule has 1 N–H and O–H groups in total. The molecule has 0 spiro atoms. The average molecular weight is 358 g/mol. The number of hydrogen-bond acceptors (Lipinski definition) is 4. The lowest BCUT2D eigenvalue weighted by Crippen LogP contribution is -2.37. The van der Waals surface area contributed by atoms with Crippen LogP contribution in [0.4, 0.5) is 0 Å². The van der Waals surface area contributed by atoms with Crippen LogP contribution in [0.3, 0.4) is 0 Å². The number of aromatic amines is 1.